The summed E-state index contributed by atoms with van der Waals surface area (Å²) in [6.07, 6.45) is 0. The quantitative estimate of drug-likeness (QED) is 0.752. The first-order valence-corrected chi connectivity index (χ1v) is 9.30. The Kier molecular flexibility index (Phi) is 5.80. The lowest BCUT2D eigenvalue weighted by Gasteiger charge is -2.27. The molecule has 1 atom stereocenters. The van der Waals surface area contributed by atoms with Gasteiger partial charge < -0.3 is 10.1 Å². The molecule has 2 aromatic carbocycles. The van der Waals surface area contributed by atoms with Crippen LogP contribution < -0.4 is 10.1 Å². The van der Waals surface area contributed by atoms with Crippen LogP contribution in [-0.2, 0) is 13.1 Å². The zero-order chi connectivity index (χ0) is 18.5. The Labute approximate surface area is 156 Å². The third-order valence-electron chi connectivity index (χ3n) is 5.22. The lowest BCUT2D eigenvalue weighted by molar-refractivity contribution is 0.170. The lowest BCUT2D eigenvalue weighted by Crippen LogP contribution is -2.32. The molecule has 0 amide bonds. The minimum atomic E-state index is 0.579. The molecular weight excluding hydrogens is 322 g/mol. The van der Waals surface area contributed by atoms with Crippen molar-refractivity contribution in [3.8, 4) is 11.8 Å². The SMILES string of the molecule is CC(C)C(C)N1Cc2cccc(NCCOc3ccc(C#N)cc3)c2C1. The summed E-state index contributed by atoms with van der Waals surface area (Å²) in [6, 6.07) is 16.4. The van der Waals surface area contributed by atoms with Crippen molar-refractivity contribution in [2.75, 3.05) is 18.5 Å². The van der Waals surface area contributed by atoms with E-state index in [4.69, 9.17) is 10.00 Å². The van der Waals surface area contributed by atoms with E-state index in [2.05, 4.69) is 55.3 Å². The summed E-state index contributed by atoms with van der Waals surface area (Å²) in [5.74, 6) is 1.45. The van der Waals surface area contributed by atoms with Gasteiger partial charge in [0.25, 0.3) is 0 Å². The number of rotatable bonds is 7. The normalized spacial score (nSPS) is 14.7. The number of fused-ring (bicyclic) bond motifs is 1. The maximum absolute atomic E-state index is 8.82. The molecule has 26 heavy (non-hydrogen) atoms. The van der Waals surface area contributed by atoms with Gasteiger partial charge in [-0.2, -0.15) is 5.26 Å². The summed E-state index contributed by atoms with van der Waals surface area (Å²) in [4.78, 5) is 2.55. The van der Waals surface area contributed by atoms with Crippen LogP contribution in [0.4, 0.5) is 5.69 Å². The Balaban J connectivity index is 1.54. The van der Waals surface area contributed by atoms with Crippen LogP contribution >= 0.6 is 0 Å². The molecule has 0 aromatic heterocycles. The van der Waals surface area contributed by atoms with Gasteiger partial charge in [0.15, 0.2) is 0 Å². The maximum atomic E-state index is 8.82. The molecule has 0 spiro atoms. The van der Waals surface area contributed by atoms with E-state index >= 15 is 0 Å². The average molecular weight is 349 g/mol. The van der Waals surface area contributed by atoms with Crippen molar-refractivity contribution in [2.45, 2.75) is 39.9 Å². The fraction of sp³-hybridized carbons (Fsp3) is 0.409. The lowest BCUT2D eigenvalue weighted by atomic mass is 10.1. The molecule has 2 aromatic rings. The molecule has 0 saturated carbocycles. The molecule has 1 aliphatic heterocycles. The highest BCUT2D eigenvalue weighted by atomic mass is 16.5. The molecule has 136 valence electrons. The first-order valence-electron chi connectivity index (χ1n) is 9.30. The highest BCUT2D eigenvalue weighted by Crippen LogP contribution is 2.31. The van der Waals surface area contributed by atoms with Crippen molar-refractivity contribution in [1.82, 2.24) is 4.90 Å². The second-order valence-electron chi connectivity index (χ2n) is 7.24. The van der Waals surface area contributed by atoms with Crippen molar-refractivity contribution < 1.29 is 4.74 Å². The number of anilines is 1. The average Bonchev–Trinajstić information content (AvgIpc) is 3.10. The maximum Gasteiger partial charge on any atom is 0.119 e. The zero-order valence-corrected chi connectivity index (χ0v) is 15.8. The van der Waals surface area contributed by atoms with Crippen molar-refractivity contribution >= 4 is 5.69 Å². The molecule has 1 heterocycles. The molecule has 0 radical (unpaired) electrons. The van der Waals surface area contributed by atoms with Crippen LogP contribution in [0, 0.1) is 17.2 Å². The summed E-state index contributed by atoms with van der Waals surface area (Å²) in [6.45, 7) is 10.3. The molecule has 1 N–H and O–H groups in total. The molecule has 0 fully saturated rings. The number of nitrogens with zero attached hydrogens (tertiary/aromatic N) is 2. The van der Waals surface area contributed by atoms with Crippen LogP contribution in [0.25, 0.3) is 0 Å². The summed E-state index contributed by atoms with van der Waals surface area (Å²) < 4.78 is 5.76. The predicted octanol–water partition coefficient (Wildman–Crippen LogP) is 4.41. The monoisotopic (exact) mass is 349 g/mol. The third kappa shape index (κ3) is 4.17. The summed E-state index contributed by atoms with van der Waals surface area (Å²) in [7, 11) is 0. The Morgan fingerprint density at radius 3 is 2.58 bits per heavy atom. The number of ether oxygens (including phenoxy) is 1. The zero-order valence-electron chi connectivity index (χ0n) is 15.8. The highest BCUT2D eigenvalue weighted by molar-refractivity contribution is 5.56. The smallest absolute Gasteiger partial charge is 0.119 e. The molecule has 4 nitrogen and oxygen atoms in total. The Hall–Kier alpha value is -2.51. The van der Waals surface area contributed by atoms with Gasteiger partial charge in [0.2, 0.25) is 0 Å². The number of hydrogen-bond acceptors (Lipinski definition) is 4. The second kappa shape index (κ2) is 8.25. The fourth-order valence-electron chi connectivity index (χ4n) is 3.30. The third-order valence-corrected chi connectivity index (χ3v) is 5.22. The van der Waals surface area contributed by atoms with E-state index in [0.717, 1.165) is 25.4 Å². The van der Waals surface area contributed by atoms with E-state index < -0.39 is 0 Å². The van der Waals surface area contributed by atoms with Crippen LogP contribution in [0.15, 0.2) is 42.5 Å². The Morgan fingerprint density at radius 2 is 1.88 bits per heavy atom. The van der Waals surface area contributed by atoms with Gasteiger partial charge in [0.05, 0.1) is 11.6 Å². The van der Waals surface area contributed by atoms with Crippen molar-refractivity contribution in [3.05, 3.63) is 59.2 Å². The molecule has 1 unspecified atom stereocenters. The highest BCUT2D eigenvalue weighted by Gasteiger charge is 2.26. The van der Waals surface area contributed by atoms with Gasteiger partial charge in [-0.25, -0.2) is 0 Å². The molecule has 1 aliphatic rings. The summed E-state index contributed by atoms with van der Waals surface area (Å²) >= 11 is 0. The van der Waals surface area contributed by atoms with Gasteiger partial charge in [0, 0.05) is 31.4 Å². The predicted molar refractivity (Wildman–Crippen MR) is 105 cm³/mol. The Morgan fingerprint density at radius 1 is 1.12 bits per heavy atom. The number of nitriles is 1. The van der Waals surface area contributed by atoms with Gasteiger partial charge in [-0.3, -0.25) is 4.90 Å². The largest absolute Gasteiger partial charge is 0.492 e. The summed E-state index contributed by atoms with van der Waals surface area (Å²) in [5.41, 5.74) is 4.70. The van der Waals surface area contributed by atoms with Crippen molar-refractivity contribution in [3.63, 3.8) is 0 Å². The molecule has 4 heteroatoms. The van der Waals surface area contributed by atoms with E-state index in [9.17, 15) is 0 Å². The van der Waals surface area contributed by atoms with Gasteiger partial charge in [0.1, 0.15) is 12.4 Å². The van der Waals surface area contributed by atoms with Gasteiger partial charge in [-0.15, -0.1) is 0 Å². The Bertz CT molecular complexity index is 777. The first-order chi connectivity index (χ1) is 12.6. The van der Waals surface area contributed by atoms with Crippen LogP contribution in [0.2, 0.25) is 0 Å². The number of hydrogen-bond donors (Lipinski definition) is 1. The van der Waals surface area contributed by atoms with E-state index in [1.54, 1.807) is 12.1 Å². The topological polar surface area (TPSA) is 48.3 Å². The van der Waals surface area contributed by atoms with Crippen LogP contribution in [0.1, 0.15) is 37.5 Å². The minimum absolute atomic E-state index is 0.579. The van der Waals surface area contributed by atoms with Crippen LogP contribution in [0.5, 0.6) is 5.75 Å². The van der Waals surface area contributed by atoms with E-state index in [1.807, 2.05) is 12.1 Å². The van der Waals surface area contributed by atoms with Gasteiger partial charge in [-0.1, -0.05) is 26.0 Å². The van der Waals surface area contributed by atoms with E-state index in [-0.39, 0.29) is 0 Å². The van der Waals surface area contributed by atoms with Crippen molar-refractivity contribution in [1.29, 1.82) is 5.26 Å². The molecule has 0 aliphatic carbocycles. The van der Waals surface area contributed by atoms with E-state index in [0.29, 0.717) is 24.1 Å². The van der Waals surface area contributed by atoms with Crippen LogP contribution in [0.3, 0.4) is 0 Å². The fourth-order valence-corrected chi connectivity index (χ4v) is 3.30. The van der Waals surface area contributed by atoms with Crippen LogP contribution in [-0.4, -0.2) is 24.1 Å². The van der Waals surface area contributed by atoms with Gasteiger partial charge >= 0.3 is 0 Å². The van der Waals surface area contributed by atoms with Crippen molar-refractivity contribution in [2.24, 2.45) is 5.92 Å². The second-order valence-corrected chi connectivity index (χ2v) is 7.24. The molecule has 0 saturated heterocycles. The van der Waals surface area contributed by atoms with E-state index in [1.165, 1.54) is 16.8 Å². The number of benzene rings is 2. The molecule has 0 bridgehead atoms. The van der Waals surface area contributed by atoms with Gasteiger partial charge in [-0.05, 0) is 54.3 Å². The number of nitrogens with one attached hydrogen (secondary N) is 1. The molecular formula is C22H27N3O. The summed E-state index contributed by atoms with van der Waals surface area (Å²) in [5, 5.41) is 12.3. The minimum Gasteiger partial charge on any atom is -0.492 e. The first kappa shape index (κ1) is 18.3. The standard InChI is InChI=1S/C22H27N3O/c1-16(2)17(3)25-14-19-5-4-6-22(21(19)15-25)24-11-12-26-20-9-7-18(13-23)8-10-20/h4-10,16-17,24H,11-12,14-15H2,1-3H3. The molecule has 3 rings (SSSR count).